The van der Waals surface area contributed by atoms with Crippen LogP contribution in [0.15, 0.2) is 4.90 Å². The second-order valence-corrected chi connectivity index (χ2v) is 7.96. The number of nitrogens with two attached hydrogens (primary N) is 1. The monoisotopic (exact) mass is 329 g/mol. The number of nitrogens with zero attached hydrogens (tertiary/aromatic N) is 2. The summed E-state index contributed by atoms with van der Waals surface area (Å²) in [6.45, 7) is 4.06. The van der Waals surface area contributed by atoms with Gasteiger partial charge in [-0.25, -0.2) is 8.42 Å². The molecule has 0 spiro atoms. The topological polar surface area (TPSA) is 96.4 Å². The summed E-state index contributed by atoms with van der Waals surface area (Å²) >= 11 is 1.15. The Hall–Kier alpha value is -1.30. The van der Waals surface area contributed by atoms with Crippen molar-refractivity contribution in [2.24, 2.45) is 0 Å². The average Bonchev–Trinajstić information content (AvgIpc) is 2.77. The van der Waals surface area contributed by atoms with Gasteiger partial charge < -0.3 is 15.4 Å². The van der Waals surface area contributed by atoms with E-state index in [1.807, 2.05) is 17.9 Å². The molecule has 1 aromatic heterocycles. The Balaban J connectivity index is 2.31. The Morgan fingerprint density at radius 3 is 2.57 bits per heavy atom. The van der Waals surface area contributed by atoms with Gasteiger partial charge in [-0.1, -0.05) is 0 Å². The van der Waals surface area contributed by atoms with Crippen LogP contribution in [0.4, 0.5) is 10.7 Å². The maximum atomic E-state index is 12.0. The van der Waals surface area contributed by atoms with E-state index < -0.39 is 9.84 Å². The molecule has 1 aliphatic rings. The number of hydrogen-bond acceptors (Lipinski definition) is 7. The van der Waals surface area contributed by atoms with Gasteiger partial charge in [0, 0.05) is 26.0 Å². The minimum atomic E-state index is -3.47. The van der Waals surface area contributed by atoms with E-state index in [0.717, 1.165) is 30.4 Å². The van der Waals surface area contributed by atoms with Crippen molar-refractivity contribution in [2.75, 3.05) is 36.6 Å². The Morgan fingerprint density at radius 1 is 1.48 bits per heavy atom. The zero-order valence-corrected chi connectivity index (χ0v) is 13.8. The van der Waals surface area contributed by atoms with Crippen molar-refractivity contribution in [3.8, 4) is 6.07 Å². The normalized spacial score (nSPS) is 16.9. The van der Waals surface area contributed by atoms with Crippen molar-refractivity contribution in [3.05, 3.63) is 4.88 Å². The molecule has 2 N–H and O–H groups in total. The molecule has 0 amide bonds. The van der Waals surface area contributed by atoms with E-state index in [1.165, 1.54) is 0 Å². The molecule has 116 valence electrons. The van der Waals surface area contributed by atoms with Crippen LogP contribution in [0.25, 0.3) is 0 Å². The number of anilines is 2. The Morgan fingerprint density at radius 2 is 2.10 bits per heavy atom. The number of piperidine rings is 1. The number of thiophene rings is 1. The van der Waals surface area contributed by atoms with Crippen LogP contribution in [-0.4, -0.2) is 40.5 Å². The highest BCUT2D eigenvalue weighted by Crippen LogP contribution is 2.42. The summed E-state index contributed by atoms with van der Waals surface area (Å²) in [7, 11) is -3.47. The van der Waals surface area contributed by atoms with Crippen LogP contribution < -0.4 is 10.6 Å². The lowest BCUT2D eigenvalue weighted by atomic mass is 10.1. The third kappa shape index (κ3) is 3.31. The predicted octanol–water partition coefficient (Wildman–Crippen LogP) is 1.61. The van der Waals surface area contributed by atoms with Gasteiger partial charge in [0.1, 0.15) is 20.8 Å². The van der Waals surface area contributed by atoms with E-state index in [0.29, 0.717) is 24.7 Å². The predicted molar refractivity (Wildman–Crippen MR) is 83.4 cm³/mol. The number of nitriles is 1. The van der Waals surface area contributed by atoms with E-state index in [-0.39, 0.29) is 21.6 Å². The molecule has 6 nitrogen and oxygen atoms in total. The second kappa shape index (κ2) is 6.22. The van der Waals surface area contributed by atoms with Gasteiger partial charge >= 0.3 is 0 Å². The first kappa shape index (κ1) is 16.1. The molecule has 0 aromatic carbocycles. The zero-order chi connectivity index (χ0) is 15.6. The standard InChI is InChI=1S/C13H19N3O3S2/c1-3-19-9-4-6-16(7-5-9)13-12(21(2,17)18)11(15)10(8-14)20-13/h9H,3-7,15H2,1-2H3. The van der Waals surface area contributed by atoms with Gasteiger partial charge in [-0.15, -0.1) is 11.3 Å². The summed E-state index contributed by atoms with van der Waals surface area (Å²) in [5.74, 6) is 0. The molecule has 0 unspecified atom stereocenters. The van der Waals surface area contributed by atoms with E-state index in [2.05, 4.69) is 0 Å². The van der Waals surface area contributed by atoms with Crippen molar-refractivity contribution in [1.82, 2.24) is 0 Å². The van der Waals surface area contributed by atoms with Gasteiger partial charge in [-0.3, -0.25) is 0 Å². The van der Waals surface area contributed by atoms with Crippen LogP contribution in [0.1, 0.15) is 24.6 Å². The zero-order valence-electron chi connectivity index (χ0n) is 12.1. The van der Waals surface area contributed by atoms with Crippen LogP contribution in [-0.2, 0) is 14.6 Å². The number of sulfone groups is 1. The number of rotatable bonds is 4. The summed E-state index contributed by atoms with van der Waals surface area (Å²) in [5.41, 5.74) is 5.92. The number of nitrogen functional groups attached to an aromatic ring is 1. The van der Waals surface area contributed by atoms with E-state index >= 15 is 0 Å². The molecule has 2 rings (SSSR count). The van der Waals surface area contributed by atoms with E-state index in [9.17, 15) is 8.42 Å². The fraction of sp³-hybridized carbons (Fsp3) is 0.615. The highest BCUT2D eigenvalue weighted by molar-refractivity contribution is 7.91. The fourth-order valence-corrected chi connectivity index (χ4v) is 5.08. The lowest BCUT2D eigenvalue weighted by Crippen LogP contribution is -2.37. The number of hydrogen-bond donors (Lipinski definition) is 1. The van der Waals surface area contributed by atoms with E-state index in [1.54, 1.807) is 0 Å². The summed E-state index contributed by atoms with van der Waals surface area (Å²) in [6.07, 6.45) is 3.04. The highest BCUT2D eigenvalue weighted by atomic mass is 32.2. The largest absolute Gasteiger partial charge is 0.396 e. The molecule has 0 radical (unpaired) electrons. The molecule has 1 aliphatic heterocycles. The summed E-state index contributed by atoms with van der Waals surface area (Å²) in [6, 6.07) is 1.97. The third-order valence-electron chi connectivity index (χ3n) is 3.49. The van der Waals surface area contributed by atoms with Gasteiger partial charge in [0.05, 0.1) is 11.8 Å². The molecule has 0 bridgehead atoms. The van der Waals surface area contributed by atoms with Crippen molar-refractivity contribution in [2.45, 2.75) is 30.8 Å². The van der Waals surface area contributed by atoms with Crippen LogP contribution in [0, 0.1) is 11.3 Å². The molecular formula is C13H19N3O3S2. The lowest BCUT2D eigenvalue weighted by molar-refractivity contribution is 0.0459. The lowest BCUT2D eigenvalue weighted by Gasteiger charge is -2.32. The number of ether oxygens (including phenoxy) is 1. The summed E-state index contributed by atoms with van der Waals surface area (Å²) < 4.78 is 29.6. The first-order chi connectivity index (χ1) is 9.88. The van der Waals surface area contributed by atoms with Gasteiger partial charge in [0.15, 0.2) is 9.84 Å². The van der Waals surface area contributed by atoms with Gasteiger partial charge in [0.2, 0.25) is 0 Å². The molecule has 8 heteroatoms. The van der Waals surface area contributed by atoms with Crippen LogP contribution in [0.2, 0.25) is 0 Å². The fourth-order valence-electron chi connectivity index (χ4n) is 2.53. The second-order valence-electron chi connectivity index (χ2n) is 5.00. The van der Waals surface area contributed by atoms with Crippen LogP contribution >= 0.6 is 11.3 Å². The molecule has 0 aliphatic carbocycles. The first-order valence-electron chi connectivity index (χ1n) is 6.77. The molecule has 0 atom stereocenters. The van der Waals surface area contributed by atoms with Crippen molar-refractivity contribution < 1.29 is 13.2 Å². The summed E-state index contributed by atoms with van der Waals surface area (Å²) in [4.78, 5) is 2.35. The molecule has 1 aromatic rings. The van der Waals surface area contributed by atoms with Gasteiger partial charge in [0.25, 0.3) is 0 Å². The van der Waals surface area contributed by atoms with Gasteiger partial charge in [-0.2, -0.15) is 5.26 Å². The minimum Gasteiger partial charge on any atom is -0.396 e. The minimum absolute atomic E-state index is 0.0759. The van der Waals surface area contributed by atoms with E-state index in [4.69, 9.17) is 15.7 Å². The SMILES string of the molecule is CCOC1CCN(c2sc(C#N)c(N)c2S(C)(=O)=O)CC1. The molecule has 21 heavy (non-hydrogen) atoms. The maximum absolute atomic E-state index is 12.0. The molecule has 2 heterocycles. The van der Waals surface area contributed by atoms with Crippen LogP contribution in [0.5, 0.6) is 0 Å². The van der Waals surface area contributed by atoms with Crippen molar-refractivity contribution in [1.29, 1.82) is 5.26 Å². The average molecular weight is 329 g/mol. The smallest absolute Gasteiger partial charge is 0.180 e. The van der Waals surface area contributed by atoms with Gasteiger partial charge in [-0.05, 0) is 19.8 Å². The molecule has 1 fully saturated rings. The third-order valence-corrected chi connectivity index (χ3v) is 5.94. The molecule has 0 saturated carbocycles. The summed E-state index contributed by atoms with van der Waals surface area (Å²) in [5, 5.41) is 9.66. The van der Waals surface area contributed by atoms with Crippen LogP contribution in [0.3, 0.4) is 0 Å². The Kier molecular flexibility index (Phi) is 4.76. The van der Waals surface area contributed by atoms with Crippen molar-refractivity contribution in [3.63, 3.8) is 0 Å². The van der Waals surface area contributed by atoms with Crippen molar-refractivity contribution >= 4 is 31.9 Å². The quantitative estimate of drug-likeness (QED) is 0.901. The Bertz CT molecular complexity index is 653. The maximum Gasteiger partial charge on any atom is 0.180 e. The first-order valence-corrected chi connectivity index (χ1v) is 9.48. The molecule has 1 saturated heterocycles. The Labute approximate surface area is 129 Å². The molecular weight excluding hydrogens is 310 g/mol. The highest BCUT2D eigenvalue weighted by Gasteiger charge is 2.29.